The lowest BCUT2D eigenvalue weighted by atomic mass is 9.97. The van der Waals surface area contributed by atoms with Crippen LogP contribution in [0.15, 0.2) is 30.0 Å². The summed E-state index contributed by atoms with van der Waals surface area (Å²) in [6, 6.07) is 0. The van der Waals surface area contributed by atoms with Gasteiger partial charge in [0, 0.05) is 24.3 Å². The van der Waals surface area contributed by atoms with Crippen LogP contribution in [0.25, 0.3) is 0 Å². The Labute approximate surface area is 146 Å². The summed E-state index contributed by atoms with van der Waals surface area (Å²) in [6.07, 6.45) is 0.972. The van der Waals surface area contributed by atoms with Crippen molar-refractivity contribution in [3.05, 3.63) is 40.7 Å². The number of nitrogens with zero attached hydrogens (tertiary/aromatic N) is 2. The summed E-state index contributed by atoms with van der Waals surface area (Å²) in [6.45, 7) is -0.114. The number of halogens is 4. The molecule has 2 N–H and O–H groups in total. The van der Waals surface area contributed by atoms with Crippen LogP contribution in [0, 0.1) is 0 Å². The molecule has 12 heteroatoms. The third kappa shape index (κ3) is 5.20. The average Bonchev–Trinajstić information content (AvgIpc) is 2.52. The number of aromatic nitrogens is 2. The van der Waals surface area contributed by atoms with E-state index in [2.05, 4.69) is 19.8 Å². The molecule has 2 unspecified atom stereocenters. The zero-order chi connectivity index (χ0) is 18.7. The van der Waals surface area contributed by atoms with E-state index in [1.54, 1.807) is 18.2 Å². The van der Waals surface area contributed by atoms with E-state index in [1.807, 2.05) is 0 Å². The van der Waals surface area contributed by atoms with Gasteiger partial charge < -0.3 is 10.1 Å². The number of ether oxygens (including phenoxy) is 1. The molecule has 0 saturated heterocycles. The van der Waals surface area contributed by atoms with Crippen LogP contribution in [0.5, 0.6) is 0 Å². The lowest BCUT2D eigenvalue weighted by molar-refractivity contribution is -0.137. The quantitative estimate of drug-likeness (QED) is 0.430. The molecule has 25 heavy (non-hydrogen) atoms. The Hall–Kier alpha value is -1.58. The molecule has 1 aromatic rings. The maximum absolute atomic E-state index is 12.7. The molecule has 2 rings (SSSR count). The third-order valence-corrected chi connectivity index (χ3v) is 3.92. The zero-order valence-electron chi connectivity index (χ0n) is 12.7. The van der Waals surface area contributed by atoms with Crippen LogP contribution in [0.1, 0.15) is 12.0 Å². The highest BCUT2D eigenvalue weighted by Gasteiger charge is 2.36. The summed E-state index contributed by atoms with van der Waals surface area (Å²) in [5.74, 6) is -0.167. The second kappa shape index (κ2) is 7.76. The normalized spacial score (nSPS) is 21.0. The van der Waals surface area contributed by atoms with Gasteiger partial charge in [-0.05, 0) is 11.6 Å². The lowest BCUT2D eigenvalue weighted by Gasteiger charge is -2.32. The standard InChI is InChI=1S/C13H12ClF3N3O4P/c1-23-12(4-2-3-8(5-12)7-24-25(21)22)20-11-18-6-9(10(14)19-11)13(15,16)17/h2-4,6H,5,7H2,1H3,(H-,18,19,20,21,22)/p+1. The maximum atomic E-state index is 12.7. The highest BCUT2D eigenvalue weighted by molar-refractivity contribution is 7.32. The maximum Gasteiger partial charge on any atom is 0.695 e. The van der Waals surface area contributed by atoms with Crippen molar-refractivity contribution >= 4 is 25.8 Å². The van der Waals surface area contributed by atoms with Crippen molar-refractivity contribution in [2.24, 2.45) is 0 Å². The summed E-state index contributed by atoms with van der Waals surface area (Å²) >= 11 is 5.57. The van der Waals surface area contributed by atoms with Gasteiger partial charge in [0.2, 0.25) is 5.95 Å². The Morgan fingerprint density at radius 1 is 1.52 bits per heavy atom. The molecular weight excluding hydrogens is 386 g/mol. The van der Waals surface area contributed by atoms with Gasteiger partial charge in [-0.25, -0.2) is 9.97 Å². The number of methoxy groups -OCH3 is 1. The van der Waals surface area contributed by atoms with E-state index in [0.717, 1.165) is 0 Å². The number of rotatable bonds is 6. The highest BCUT2D eigenvalue weighted by Crippen LogP contribution is 2.34. The molecule has 1 aliphatic rings. The third-order valence-electron chi connectivity index (χ3n) is 3.28. The Balaban J connectivity index is 2.17. The van der Waals surface area contributed by atoms with E-state index in [4.69, 9.17) is 21.2 Å². The molecule has 0 aromatic carbocycles. The van der Waals surface area contributed by atoms with Gasteiger partial charge >= 0.3 is 14.4 Å². The summed E-state index contributed by atoms with van der Waals surface area (Å²) in [5.41, 5.74) is -1.70. The summed E-state index contributed by atoms with van der Waals surface area (Å²) in [5, 5.41) is 2.02. The number of anilines is 1. The predicted octanol–water partition coefficient (Wildman–Crippen LogP) is 3.46. The number of nitrogens with one attached hydrogen (secondary N) is 1. The topological polar surface area (TPSA) is 93.6 Å². The first-order valence-corrected chi connectivity index (χ1v) is 8.25. The van der Waals surface area contributed by atoms with Crippen molar-refractivity contribution in [1.82, 2.24) is 9.97 Å². The van der Waals surface area contributed by atoms with Crippen molar-refractivity contribution in [3.8, 4) is 0 Å². The zero-order valence-corrected chi connectivity index (χ0v) is 14.4. The predicted molar refractivity (Wildman–Crippen MR) is 83.0 cm³/mol. The minimum atomic E-state index is -4.66. The molecule has 0 bridgehead atoms. The molecule has 7 nitrogen and oxygen atoms in total. The van der Waals surface area contributed by atoms with Crippen molar-refractivity contribution in [3.63, 3.8) is 0 Å². The fourth-order valence-electron chi connectivity index (χ4n) is 2.11. The van der Waals surface area contributed by atoms with Gasteiger partial charge in [-0.1, -0.05) is 23.8 Å². The molecule has 0 aliphatic heterocycles. The molecule has 1 aromatic heterocycles. The van der Waals surface area contributed by atoms with E-state index in [0.29, 0.717) is 11.8 Å². The minimum absolute atomic E-state index is 0.114. The molecule has 2 atom stereocenters. The van der Waals surface area contributed by atoms with E-state index in [9.17, 15) is 17.7 Å². The van der Waals surface area contributed by atoms with Crippen LogP contribution in [-0.4, -0.2) is 34.3 Å². The Morgan fingerprint density at radius 3 is 2.80 bits per heavy atom. The SMILES string of the molecule is COC1(Nc2ncc(C(F)(F)F)c(Cl)n2)C=CC=C(CO[P+](=O)O)C1. The summed E-state index contributed by atoms with van der Waals surface area (Å²) in [7, 11) is -1.38. The van der Waals surface area contributed by atoms with Crippen LogP contribution in [-0.2, 0) is 20.0 Å². The summed E-state index contributed by atoms with van der Waals surface area (Å²) in [4.78, 5) is 15.9. The average molecular weight is 399 g/mol. The molecule has 0 fully saturated rings. The molecule has 0 spiro atoms. The van der Waals surface area contributed by atoms with Crippen molar-refractivity contribution < 1.29 is 31.9 Å². The smallest absolute Gasteiger partial charge is 0.355 e. The van der Waals surface area contributed by atoms with Crippen LogP contribution >= 0.6 is 19.9 Å². The minimum Gasteiger partial charge on any atom is -0.355 e. The fraction of sp³-hybridized carbons (Fsp3) is 0.385. The van der Waals surface area contributed by atoms with E-state index in [1.165, 1.54) is 7.11 Å². The summed E-state index contributed by atoms with van der Waals surface area (Å²) < 4.78 is 58.7. The monoisotopic (exact) mass is 398 g/mol. The molecule has 0 amide bonds. The molecular formula is C13H13ClF3N3O4P+. The van der Waals surface area contributed by atoms with E-state index >= 15 is 0 Å². The van der Waals surface area contributed by atoms with Gasteiger partial charge in [-0.2, -0.15) is 13.2 Å². The molecule has 1 heterocycles. The second-order valence-corrected chi connectivity index (χ2v) is 6.08. The number of hydrogen-bond acceptors (Lipinski definition) is 6. The molecule has 0 radical (unpaired) electrons. The Morgan fingerprint density at radius 2 is 2.24 bits per heavy atom. The van der Waals surface area contributed by atoms with Gasteiger partial charge in [-0.3, -0.25) is 0 Å². The van der Waals surface area contributed by atoms with Crippen molar-refractivity contribution in [1.29, 1.82) is 0 Å². The second-order valence-electron chi connectivity index (χ2n) is 4.99. The first kappa shape index (κ1) is 19.7. The van der Waals surface area contributed by atoms with Crippen LogP contribution in [0.2, 0.25) is 5.15 Å². The van der Waals surface area contributed by atoms with Gasteiger partial charge in [0.05, 0.1) is 0 Å². The van der Waals surface area contributed by atoms with Crippen molar-refractivity contribution in [2.75, 3.05) is 19.0 Å². The number of hydrogen-bond donors (Lipinski definition) is 2. The largest absolute Gasteiger partial charge is 0.695 e. The number of alkyl halides is 3. The van der Waals surface area contributed by atoms with Gasteiger partial charge in [0.15, 0.2) is 5.72 Å². The van der Waals surface area contributed by atoms with Crippen molar-refractivity contribution in [2.45, 2.75) is 18.3 Å². The molecule has 0 saturated carbocycles. The first-order valence-electron chi connectivity index (χ1n) is 6.74. The molecule has 1 aliphatic carbocycles. The van der Waals surface area contributed by atoms with Gasteiger partial charge in [0.25, 0.3) is 0 Å². The van der Waals surface area contributed by atoms with Gasteiger partial charge in [-0.15, -0.1) is 9.42 Å². The van der Waals surface area contributed by atoms with Crippen LogP contribution in [0.3, 0.4) is 0 Å². The Kier molecular flexibility index (Phi) is 6.12. The fourth-order valence-corrected chi connectivity index (χ4v) is 2.62. The van der Waals surface area contributed by atoms with Crippen LogP contribution < -0.4 is 5.32 Å². The highest BCUT2D eigenvalue weighted by atomic mass is 35.5. The van der Waals surface area contributed by atoms with Crippen LogP contribution in [0.4, 0.5) is 19.1 Å². The molecule has 136 valence electrons. The van der Waals surface area contributed by atoms with E-state index < -0.39 is 30.9 Å². The first-order chi connectivity index (χ1) is 11.6. The van der Waals surface area contributed by atoms with E-state index in [-0.39, 0.29) is 19.0 Å². The van der Waals surface area contributed by atoms with Gasteiger partial charge in [0.1, 0.15) is 17.3 Å². The Bertz CT molecular complexity index is 729. The lowest BCUT2D eigenvalue weighted by Crippen LogP contribution is -2.40. The number of allylic oxidation sites excluding steroid dienone is 2.